The third-order valence-corrected chi connectivity index (χ3v) is 4.10. The molecule has 0 aliphatic heterocycles. The lowest BCUT2D eigenvalue weighted by molar-refractivity contribution is 0.199. The number of aliphatic hydroxyl groups is 1. The number of anilines is 1. The number of benzene rings is 1. The summed E-state index contributed by atoms with van der Waals surface area (Å²) in [6.07, 6.45) is 3.66. The summed E-state index contributed by atoms with van der Waals surface area (Å²) in [4.78, 5) is 2.28. The zero-order valence-corrected chi connectivity index (χ0v) is 12.1. The Morgan fingerprint density at radius 2 is 2.18 bits per heavy atom. The van der Waals surface area contributed by atoms with Crippen molar-refractivity contribution in [1.82, 2.24) is 0 Å². The van der Waals surface area contributed by atoms with Crippen LogP contribution in [0.15, 0.2) is 22.7 Å². The molecule has 3 heteroatoms. The van der Waals surface area contributed by atoms with Crippen molar-refractivity contribution < 1.29 is 5.11 Å². The molecule has 1 saturated carbocycles. The fourth-order valence-corrected chi connectivity index (χ4v) is 2.75. The Balaban J connectivity index is 2.17. The summed E-state index contributed by atoms with van der Waals surface area (Å²) in [5.41, 5.74) is 2.15. The fourth-order valence-electron chi connectivity index (χ4n) is 2.37. The van der Waals surface area contributed by atoms with Gasteiger partial charge in [0, 0.05) is 29.3 Å². The van der Waals surface area contributed by atoms with Crippen LogP contribution >= 0.6 is 15.9 Å². The van der Waals surface area contributed by atoms with Gasteiger partial charge in [-0.25, -0.2) is 0 Å². The molecule has 1 unspecified atom stereocenters. The van der Waals surface area contributed by atoms with Gasteiger partial charge in [-0.1, -0.05) is 22.4 Å². The zero-order valence-electron chi connectivity index (χ0n) is 10.5. The van der Waals surface area contributed by atoms with Crippen LogP contribution in [-0.4, -0.2) is 18.7 Å². The predicted octanol–water partition coefficient (Wildman–Crippen LogP) is 3.74. The Labute approximate surface area is 112 Å². The van der Waals surface area contributed by atoms with E-state index in [1.165, 1.54) is 19.3 Å². The fraction of sp³-hybridized carbons (Fsp3) is 0.571. The van der Waals surface area contributed by atoms with Gasteiger partial charge in [-0.2, -0.15) is 0 Å². The highest BCUT2D eigenvalue weighted by atomic mass is 79.9. The van der Waals surface area contributed by atoms with E-state index in [-0.39, 0.29) is 0 Å². The Hall–Kier alpha value is -0.540. The van der Waals surface area contributed by atoms with Gasteiger partial charge in [-0.15, -0.1) is 0 Å². The molecule has 1 fully saturated rings. The second-order valence-corrected chi connectivity index (χ2v) is 5.97. The summed E-state index contributed by atoms with van der Waals surface area (Å²) in [5.74, 6) is 0.838. The maximum atomic E-state index is 9.84. The molecule has 1 atom stereocenters. The molecule has 1 aliphatic rings. The maximum Gasteiger partial charge on any atom is 0.0782 e. The lowest BCUT2D eigenvalue weighted by atomic mass is 9.85. The molecule has 0 heterocycles. The van der Waals surface area contributed by atoms with Crippen LogP contribution in [0, 0.1) is 5.92 Å². The van der Waals surface area contributed by atoms with Crippen LogP contribution in [0.4, 0.5) is 5.69 Å². The molecule has 0 bridgehead atoms. The average molecular weight is 298 g/mol. The number of hydrogen-bond acceptors (Lipinski definition) is 2. The van der Waals surface area contributed by atoms with Crippen molar-refractivity contribution >= 4 is 21.6 Å². The molecular formula is C14H20BrNO. The summed E-state index contributed by atoms with van der Waals surface area (Å²) in [6.45, 7) is 2.92. The monoisotopic (exact) mass is 297 g/mol. The highest BCUT2D eigenvalue weighted by Gasteiger charge is 2.21. The molecule has 2 nitrogen and oxygen atoms in total. The van der Waals surface area contributed by atoms with E-state index in [9.17, 15) is 5.11 Å². The number of halogens is 1. The Morgan fingerprint density at radius 1 is 1.47 bits per heavy atom. The van der Waals surface area contributed by atoms with Crippen LogP contribution in [0.5, 0.6) is 0 Å². The molecular weight excluding hydrogens is 278 g/mol. The number of hydrogen-bond donors (Lipinski definition) is 1. The lowest BCUT2D eigenvalue weighted by Crippen LogP contribution is -2.30. The average Bonchev–Trinajstić information content (AvgIpc) is 2.23. The van der Waals surface area contributed by atoms with Crippen molar-refractivity contribution in [2.45, 2.75) is 32.3 Å². The molecule has 1 aromatic rings. The molecule has 2 rings (SSSR count). The smallest absolute Gasteiger partial charge is 0.0782 e. The maximum absolute atomic E-state index is 9.84. The second kappa shape index (κ2) is 5.40. The SMILES string of the molecule is CC(O)c1cc(Br)ccc1N(C)CC1CCC1. The van der Waals surface area contributed by atoms with Crippen molar-refractivity contribution in [3.05, 3.63) is 28.2 Å². The normalized spacial score (nSPS) is 17.6. The van der Waals surface area contributed by atoms with Crippen LogP contribution < -0.4 is 4.90 Å². The molecule has 0 aromatic heterocycles. The van der Waals surface area contributed by atoms with Crippen LogP contribution in [0.1, 0.15) is 37.9 Å². The van der Waals surface area contributed by atoms with Crippen molar-refractivity contribution in [3.8, 4) is 0 Å². The second-order valence-electron chi connectivity index (χ2n) is 5.06. The number of nitrogens with zero attached hydrogens (tertiary/aromatic N) is 1. The highest BCUT2D eigenvalue weighted by molar-refractivity contribution is 9.10. The van der Waals surface area contributed by atoms with Gasteiger partial charge in [-0.05, 0) is 43.9 Å². The first kappa shape index (κ1) is 12.9. The standard InChI is InChI=1S/C14H20BrNO/c1-10(17)13-8-12(15)6-7-14(13)16(2)9-11-4-3-5-11/h6-8,10-11,17H,3-5,9H2,1-2H3. The minimum atomic E-state index is -0.425. The first-order valence-corrected chi connectivity index (χ1v) is 7.06. The Morgan fingerprint density at radius 3 is 2.71 bits per heavy atom. The van der Waals surface area contributed by atoms with Gasteiger partial charge in [0.25, 0.3) is 0 Å². The van der Waals surface area contributed by atoms with Crippen molar-refractivity contribution in [1.29, 1.82) is 0 Å². The lowest BCUT2D eigenvalue weighted by Gasteiger charge is -2.32. The van der Waals surface area contributed by atoms with Gasteiger partial charge in [0.2, 0.25) is 0 Å². The van der Waals surface area contributed by atoms with E-state index in [4.69, 9.17) is 0 Å². The highest BCUT2D eigenvalue weighted by Crippen LogP contribution is 2.32. The molecule has 0 saturated heterocycles. The topological polar surface area (TPSA) is 23.5 Å². The van der Waals surface area contributed by atoms with Gasteiger partial charge in [-0.3, -0.25) is 0 Å². The zero-order chi connectivity index (χ0) is 12.4. The van der Waals surface area contributed by atoms with Gasteiger partial charge >= 0.3 is 0 Å². The molecule has 0 radical (unpaired) electrons. The number of rotatable bonds is 4. The van der Waals surface area contributed by atoms with Crippen molar-refractivity contribution in [3.63, 3.8) is 0 Å². The molecule has 1 N–H and O–H groups in total. The Bertz CT molecular complexity index is 388. The van der Waals surface area contributed by atoms with E-state index in [0.29, 0.717) is 0 Å². The molecule has 0 spiro atoms. The quantitative estimate of drug-likeness (QED) is 0.915. The van der Waals surface area contributed by atoms with E-state index in [0.717, 1.165) is 28.2 Å². The first-order valence-electron chi connectivity index (χ1n) is 6.26. The molecule has 1 aliphatic carbocycles. The van der Waals surface area contributed by atoms with Crippen LogP contribution in [0.2, 0.25) is 0 Å². The summed E-state index contributed by atoms with van der Waals surface area (Å²) in [5, 5.41) is 9.84. The van der Waals surface area contributed by atoms with E-state index in [1.54, 1.807) is 0 Å². The third kappa shape index (κ3) is 3.02. The molecule has 17 heavy (non-hydrogen) atoms. The molecule has 0 amide bonds. The van der Waals surface area contributed by atoms with E-state index in [1.807, 2.05) is 19.1 Å². The van der Waals surface area contributed by atoms with Crippen LogP contribution in [0.3, 0.4) is 0 Å². The summed E-state index contributed by atoms with van der Waals surface area (Å²) in [7, 11) is 2.12. The van der Waals surface area contributed by atoms with Crippen LogP contribution in [-0.2, 0) is 0 Å². The van der Waals surface area contributed by atoms with Gasteiger partial charge in [0.15, 0.2) is 0 Å². The minimum absolute atomic E-state index is 0.425. The van der Waals surface area contributed by atoms with Crippen molar-refractivity contribution in [2.24, 2.45) is 5.92 Å². The minimum Gasteiger partial charge on any atom is -0.389 e. The van der Waals surface area contributed by atoms with E-state index < -0.39 is 6.10 Å². The largest absolute Gasteiger partial charge is 0.389 e. The first-order chi connectivity index (χ1) is 8.08. The summed E-state index contributed by atoms with van der Waals surface area (Å²) in [6, 6.07) is 6.14. The molecule has 94 valence electrons. The summed E-state index contributed by atoms with van der Waals surface area (Å²) < 4.78 is 1.02. The van der Waals surface area contributed by atoms with Gasteiger partial charge in [0.05, 0.1) is 6.10 Å². The number of aliphatic hydroxyl groups excluding tert-OH is 1. The Kier molecular flexibility index (Phi) is 4.10. The van der Waals surface area contributed by atoms with Crippen molar-refractivity contribution in [2.75, 3.05) is 18.5 Å². The van der Waals surface area contributed by atoms with Gasteiger partial charge < -0.3 is 10.0 Å². The third-order valence-electron chi connectivity index (χ3n) is 3.61. The molecule has 1 aromatic carbocycles. The summed E-state index contributed by atoms with van der Waals surface area (Å²) >= 11 is 3.46. The van der Waals surface area contributed by atoms with Gasteiger partial charge in [0.1, 0.15) is 0 Å². The van der Waals surface area contributed by atoms with Crippen LogP contribution in [0.25, 0.3) is 0 Å². The van der Waals surface area contributed by atoms with E-state index in [2.05, 4.69) is 33.9 Å². The predicted molar refractivity (Wildman–Crippen MR) is 75.4 cm³/mol. The van der Waals surface area contributed by atoms with E-state index >= 15 is 0 Å².